The zero-order valence-corrected chi connectivity index (χ0v) is 16.1. The lowest BCUT2D eigenvalue weighted by atomic mass is 10.0. The first-order valence-electron chi connectivity index (χ1n) is 8.73. The Kier molecular flexibility index (Phi) is 6.34. The Morgan fingerprint density at radius 1 is 1.30 bits per heavy atom. The third-order valence-corrected chi connectivity index (χ3v) is 5.40. The number of amides is 1. The van der Waals surface area contributed by atoms with Crippen molar-refractivity contribution in [2.45, 2.75) is 25.5 Å². The molecule has 2 heterocycles. The van der Waals surface area contributed by atoms with Crippen LogP contribution in [0.4, 0.5) is 0 Å². The van der Waals surface area contributed by atoms with Gasteiger partial charge in [0.25, 0.3) is 5.91 Å². The van der Waals surface area contributed by atoms with E-state index in [0.717, 1.165) is 23.5 Å². The minimum absolute atomic E-state index is 0.0460. The van der Waals surface area contributed by atoms with Crippen LogP contribution < -0.4 is 10.1 Å². The molecule has 7 heteroatoms. The Morgan fingerprint density at radius 3 is 2.85 bits per heavy atom. The molecule has 1 aromatic heterocycles. The third-order valence-electron chi connectivity index (χ3n) is 4.27. The minimum Gasteiger partial charge on any atom is -0.473 e. The van der Waals surface area contributed by atoms with Crippen molar-refractivity contribution in [2.24, 2.45) is 0 Å². The van der Waals surface area contributed by atoms with Crippen molar-refractivity contribution in [3.8, 4) is 5.88 Å². The molecule has 0 aliphatic carbocycles. The highest BCUT2D eigenvalue weighted by Gasteiger charge is 2.27. The molecule has 0 saturated carbocycles. The van der Waals surface area contributed by atoms with Gasteiger partial charge in [-0.15, -0.1) is 0 Å². The summed E-state index contributed by atoms with van der Waals surface area (Å²) in [5, 5.41) is 2.75. The van der Waals surface area contributed by atoms with Gasteiger partial charge in [-0.25, -0.2) is 9.78 Å². The largest absolute Gasteiger partial charge is 0.473 e. The van der Waals surface area contributed by atoms with E-state index in [1.807, 2.05) is 36.9 Å². The van der Waals surface area contributed by atoms with Crippen molar-refractivity contribution in [2.75, 3.05) is 18.6 Å². The number of benzene rings is 1. The second kappa shape index (κ2) is 8.90. The van der Waals surface area contributed by atoms with Crippen LogP contribution in [-0.4, -0.2) is 41.6 Å². The standard InChI is InChI=1S/C20H22N2O4S/c1-13-5-3-6-14(11-13)17(20(24)25-2)22-18(23)16-7-4-9-21-19(16)26-15-8-10-27-12-15/h3-7,9,11,15,17H,8,10,12H2,1-2H3,(H,22,23). The van der Waals surface area contributed by atoms with Gasteiger partial charge in [0, 0.05) is 11.9 Å². The molecule has 1 aromatic carbocycles. The molecule has 2 aromatic rings. The number of hydrogen-bond acceptors (Lipinski definition) is 6. The molecule has 1 fully saturated rings. The number of hydrogen-bond donors (Lipinski definition) is 1. The maximum absolute atomic E-state index is 12.9. The van der Waals surface area contributed by atoms with Crippen molar-refractivity contribution >= 4 is 23.6 Å². The van der Waals surface area contributed by atoms with Gasteiger partial charge in [0.15, 0.2) is 6.04 Å². The highest BCUT2D eigenvalue weighted by Crippen LogP contribution is 2.25. The SMILES string of the molecule is COC(=O)C(NC(=O)c1cccnc1OC1CCSC1)c1cccc(C)c1. The fourth-order valence-electron chi connectivity index (χ4n) is 2.88. The monoisotopic (exact) mass is 386 g/mol. The molecule has 1 N–H and O–H groups in total. The normalized spacial score (nSPS) is 17.2. The molecule has 0 radical (unpaired) electrons. The van der Waals surface area contributed by atoms with Crippen molar-refractivity contribution in [1.29, 1.82) is 0 Å². The van der Waals surface area contributed by atoms with E-state index in [1.54, 1.807) is 24.4 Å². The van der Waals surface area contributed by atoms with E-state index >= 15 is 0 Å². The van der Waals surface area contributed by atoms with Crippen LogP contribution in [0.1, 0.15) is 33.9 Å². The summed E-state index contributed by atoms with van der Waals surface area (Å²) in [6, 6.07) is 9.80. The number of rotatable bonds is 6. The zero-order chi connectivity index (χ0) is 19.2. The lowest BCUT2D eigenvalue weighted by Crippen LogP contribution is -2.35. The van der Waals surface area contributed by atoms with E-state index in [-0.39, 0.29) is 12.0 Å². The van der Waals surface area contributed by atoms with Crippen LogP contribution in [-0.2, 0) is 9.53 Å². The molecular weight excluding hydrogens is 364 g/mol. The molecule has 0 spiro atoms. The van der Waals surface area contributed by atoms with E-state index in [4.69, 9.17) is 9.47 Å². The molecule has 0 bridgehead atoms. The van der Waals surface area contributed by atoms with E-state index in [0.29, 0.717) is 11.1 Å². The van der Waals surface area contributed by atoms with Gasteiger partial charge in [-0.1, -0.05) is 29.8 Å². The Balaban J connectivity index is 1.82. The lowest BCUT2D eigenvalue weighted by Gasteiger charge is -2.19. The first kappa shape index (κ1) is 19.2. The van der Waals surface area contributed by atoms with Crippen molar-refractivity contribution in [3.63, 3.8) is 0 Å². The summed E-state index contributed by atoms with van der Waals surface area (Å²) in [6.45, 7) is 1.92. The van der Waals surface area contributed by atoms with Gasteiger partial charge < -0.3 is 14.8 Å². The van der Waals surface area contributed by atoms with Crippen LogP contribution in [0.3, 0.4) is 0 Å². The number of nitrogens with zero attached hydrogens (tertiary/aromatic N) is 1. The molecule has 1 amide bonds. The van der Waals surface area contributed by atoms with Crippen LogP contribution in [0.2, 0.25) is 0 Å². The highest BCUT2D eigenvalue weighted by atomic mass is 32.2. The van der Waals surface area contributed by atoms with Gasteiger partial charge >= 0.3 is 5.97 Å². The number of thioether (sulfide) groups is 1. The van der Waals surface area contributed by atoms with Gasteiger partial charge in [-0.2, -0.15) is 11.8 Å². The zero-order valence-electron chi connectivity index (χ0n) is 15.3. The molecule has 3 rings (SSSR count). The molecule has 27 heavy (non-hydrogen) atoms. The molecule has 142 valence electrons. The number of esters is 1. The van der Waals surface area contributed by atoms with Gasteiger partial charge in [-0.3, -0.25) is 4.79 Å². The first-order valence-corrected chi connectivity index (χ1v) is 9.88. The fourth-order valence-corrected chi connectivity index (χ4v) is 3.97. The van der Waals surface area contributed by atoms with Crippen LogP contribution in [0.5, 0.6) is 5.88 Å². The molecule has 1 aliphatic rings. The minimum atomic E-state index is -0.905. The summed E-state index contributed by atoms with van der Waals surface area (Å²) < 4.78 is 10.8. The summed E-state index contributed by atoms with van der Waals surface area (Å²) in [5.41, 5.74) is 1.95. The summed E-state index contributed by atoms with van der Waals surface area (Å²) in [7, 11) is 1.30. The molecule has 2 atom stereocenters. The maximum atomic E-state index is 12.9. The van der Waals surface area contributed by atoms with E-state index < -0.39 is 17.9 Å². The van der Waals surface area contributed by atoms with E-state index in [1.165, 1.54) is 7.11 Å². The number of aromatic nitrogens is 1. The Labute approximate surface area is 162 Å². The topological polar surface area (TPSA) is 77.5 Å². The summed E-state index contributed by atoms with van der Waals surface area (Å²) in [4.78, 5) is 29.4. The van der Waals surface area contributed by atoms with E-state index in [2.05, 4.69) is 10.3 Å². The highest BCUT2D eigenvalue weighted by molar-refractivity contribution is 7.99. The quantitative estimate of drug-likeness (QED) is 0.769. The first-order chi connectivity index (χ1) is 13.1. The third kappa shape index (κ3) is 4.80. The van der Waals surface area contributed by atoms with E-state index in [9.17, 15) is 9.59 Å². The summed E-state index contributed by atoms with van der Waals surface area (Å²) in [5.74, 6) is 1.24. The van der Waals surface area contributed by atoms with Crippen LogP contribution in [0.15, 0.2) is 42.6 Å². The molecule has 1 aliphatic heterocycles. The fraction of sp³-hybridized carbons (Fsp3) is 0.350. The Morgan fingerprint density at radius 2 is 2.15 bits per heavy atom. The Hall–Kier alpha value is -2.54. The van der Waals surface area contributed by atoms with Crippen LogP contribution in [0, 0.1) is 6.92 Å². The van der Waals surface area contributed by atoms with Gasteiger partial charge in [0.1, 0.15) is 11.7 Å². The molecule has 6 nitrogen and oxygen atoms in total. The van der Waals surface area contributed by atoms with Crippen molar-refractivity contribution in [1.82, 2.24) is 10.3 Å². The van der Waals surface area contributed by atoms with Crippen LogP contribution >= 0.6 is 11.8 Å². The number of ether oxygens (including phenoxy) is 2. The smallest absolute Gasteiger partial charge is 0.333 e. The van der Waals surface area contributed by atoms with Crippen molar-refractivity contribution < 1.29 is 19.1 Å². The maximum Gasteiger partial charge on any atom is 0.333 e. The number of pyridine rings is 1. The molecule has 1 saturated heterocycles. The second-order valence-electron chi connectivity index (χ2n) is 6.30. The predicted molar refractivity (Wildman–Crippen MR) is 104 cm³/mol. The number of aryl methyl sites for hydroxylation is 1. The molecule has 2 unspecified atom stereocenters. The van der Waals surface area contributed by atoms with Gasteiger partial charge in [0.2, 0.25) is 5.88 Å². The lowest BCUT2D eigenvalue weighted by molar-refractivity contribution is -0.143. The average molecular weight is 386 g/mol. The summed E-state index contributed by atoms with van der Waals surface area (Å²) >= 11 is 1.82. The number of nitrogens with one attached hydrogen (secondary N) is 1. The van der Waals surface area contributed by atoms with Gasteiger partial charge in [0.05, 0.1) is 7.11 Å². The Bertz CT molecular complexity index is 821. The van der Waals surface area contributed by atoms with Crippen molar-refractivity contribution in [3.05, 3.63) is 59.3 Å². The summed E-state index contributed by atoms with van der Waals surface area (Å²) in [6.07, 6.45) is 2.56. The number of methoxy groups -OCH3 is 1. The number of carbonyl (C=O) groups is 2. The average Bonchev–Trinajstić information content (AvgIpc) is 3.19. The predicted octanol–water partition coefficient (Wildman–Crippen LogP) is 2.92. The van der Waals surface area contributed by atoms with Crippen LogP contribution in [0.25, 0.3) is 0 Å². The second-order valence-corrected chi connectivity index (χ2v) is 7.45. The molecular formula is C20H22N2O4S. The van der Waals surface area contributed by atoms with Gasteiger partial charge in [-0.05, 0) is 36.8 Å². The number of carbonyl (C=O) groups excluding carboxylic acids is 2.